The van der Waals surface area contributed by atoms with E-state index in [0.29, 0.717) is 11.2 Å². The molecule has 0 saturated carbocycles. The van der Waals surface area contributed by atoms with E-state index in [1.165, 1.54) is 17.8 Å². The first-order valence-electron chi connectivity index (χ1n) is 17.9. The molecular weight excluding hydrogens is 705 g/mol. The fraction of sp³-hybridized carbons (Fsp3) is 0.595. The van der Waals surface area contributed by atoms with Crippen molar-refractivity contribution < 1.29 is 46.9 Å². The molecule has 1 aliphatic rings. The van der Waals surface area contributed by atoms with Crippen molar-refractivity contribution in [2.45, 2.75) is 117 Å². The zero-order chi connectivity index (χ0) is 39.3. The largest absolute Gasteiger partial charge is 0.465 e. The minimum atomic E-state index is -4.40. The van der Waals surface area contributed by atoms with Crippen LogP contribution < -0.4 is 15.3 Å². The van der Waals surface area contributed by atoms with Gasteiger partial charge in [0.1, 0.15) is 35.3 Å². The summed E-state index contributed by atoms with van der Waals surface area (Å²) in [6, 6.07) is 9.30. The Hall–Kier alpha value is -4.04. The summed E-state index contributed by atoms with van der Waals surface area (Å²) in [5.74, 6) is -1.45. The van der Waals surface area contributed by atoms with Gasteiger partial charge in [-0.05, 0) is 67.9 Å². The van der Waals surface area contributed by atoms with Crippen molar-refractivity contribution in [1.82, 2.24) is 19.7 Å². The highest BCUT2D eigenvalue weighted by atomic mass is 31.2. The SMILES string of the molecule is CCOC(=O)[C@H](C)NP(=O)(OC[C@H]1O[C@@](C)(c2ccc3c(N)ncnn23)[C@H](OC(=O)CC(C)C)[C@@H]1OC(=O)CC(C)C)Oc1ccc(C(C)(C)C)cc1. The molecule has 53 heavy (non-hydrogen) atoms. The maximum Gasteiger partial charge on any atom is 0.459 e. The van der Waals surface area contributed by atoms with E-state index in [2.05, 4.69) is 35.9 Å². The van der Waals surface area contributed by atoms with Crippen LogP contribution in [0.3, 0.4) is 0 Å². The highest BCUT2D eigenvalue weighted by molar-refractivity contribution is 7.52. The Balaban J connectivity index is 1.76. The topological polar surface area (TPSA) is 192 Å². The van der Waals surface area contributed by atoms with E-state index in [0.717, 1.165) is 5.56 Å². The van der Waals surface area contributed by atoms with Crippen LogP contribution in [0.2, 0.25) is 0 Å². The van der Waals surface area contributed by atoms with E-state index in [4.69, 9.17) is 33.7 Å². The number of rotatable bonds is 16. The summed E-state index contributed by atoms with van der Waals surface area (Å²) in [5.41, 5.74) is 6.40. The number of carbonyl (C=O) groups excluding carboxylic acids is 3. The lowest BCUT2D eigenvalue weighted by Gasteiger charge is -2.31. The van der Waals surface area contributed by atoms with Crippen molar-refractivity contribution in [2.75, 3.05) is 18.9 Å². The van der Waals surface area contributed by atoms with Gasteiger partial charge in [0.25, 0.3) is 0 Å². The summed E-state index contributed by atoms with van der Waals surface area (Å²) in [6.45, 7) is 18.1. The summed E-state index contributed by atoms with van der Waals surface area (Å²) < 4.78 is 52.0. The predicted molar refractivity (Wildman–Crippen MR) is 197 cm³/mol. The molecule has 3 heterocycles. The Bertz CT molecular complexity index is 1790. The van der Waals surface area contributed by atoms with Gasteiger partial charge in [-0.2, -0.15) is 10.2 Å². The molecule has 2 aromatic heterocycles. The van der Waals surface area contributed by atoms with Gasteiger partial charge in [-0.3, -0.25) is 18.9 Å². The van der Waals surface area contributed by atoms with Gasteiger partial charge in [0, 0.05) is 12.8 Å². The van der Waals surface area contributed by atoms with Crippen LogP contribution in [0.1, 0.15) is 93.3 Å². The van der Waals surface area contributed by atoms with E-state index >= 15 is 0 Å². The number of aromatic nitrogens is 3. The van der Waals surface area contributed by atoms with Crippen molar-refractivity contribution in [3.8, 4) is 5.75 Å². The average molecular weight is 760 g/mol. The first-order valence-corrected chi connectivity index (χ1v) is 19.4. The summed E-state index contributed by atoms with van der Waals surface area (Å²) >= 11 is 0. The molecule has 16 heteroatoms. The molecule has 292 valence electrons. The van der Waals surface area contributed by atoms with Crippen LogP contribution in [0, 0.1) is 11.8 Å². The van der Waals surface area contributed by atoms with Crippen LogP contribution >= 0.6 is 7.75 Å². The Labute approximate surface area is 311 Å². The number of hydrogen-bond donors (Lipinski definition) is 2. The number of hydrogen-bond acceptors (Lipinski definition) is 13. The van der Waals surface area contributed by atoms with Crippen LogP contribution in [0.5, 0.6) is 5.75 Å². The van der Waals surface area contributed by atoms with Gasteiger partial charge in [-0.15, -0.1) is 0 Å². The fourth-order valence-electron chi connectivity index (χ4n) is 5.97. The Kier molecular flexibility index (Phi) is 13.4. The van der Waals surface area contributed by atoms with Crippen molar-refractivity contribution in [3.63, 3.8) is 0 Å². The standard InChI is InChI=1S/C37H54N5O10P/c1-11-47-35(45)24(6)41-53(46,52-26-14-12-25(13-15-26)36(7,8)9)48-20-28-32(49-30(43)18-22(2)3)33(50-31(44)19-23(4)5)37(10,51-28)29-17-16-27-34(38)39-21-40-42(27)29/h12-17,21-24,28,32-33H,11,18-20H2,1-10H3,(H,41,46)(H2,38,39,40)/t24-,28+,32+,33+,37-,53?/m0/s1. The number of nitrogens with zero attached hydrogens (tertiary/aromatic N) is 3. The molecule has 0 radical (unpaired) electrons. The van der Waals surface area contributed by atoms with Gasteiger partial charge in [-0.25, -0.2) is 14.1 Å². The monoisotopic (exact) mass is 759 g/mol. The maximum atomic E-state index is 14.6. The smallest absolute Gasteiger partial charge is 0.459 e. The van der Waals surface area contributed by atoms with Crippen LogP contribution in [0.4, 0.5) is 5.82 Å². The van der Waals surface area contributed by atoms with Gasteiger partial charge in [0.2, 0.25) is 0 Å². The molecule has 1 unspecified atom stereocenters. The van der Waals surface area contributed by atoms with Crippen LogP contribution in [0.25, 0.3) is 5.52 Å². The Morgan fingerprint density at radius 1 is 1.00 bits per heavy atom. The molecule has 3 N–H and O–H groups in total. The van der Waals surface area contributed by atoms with E-state index in [1.807, 2.05) is 39.8 Å². The first kappa shape index (κ1) is 41.7. The second-order valence-electron chi connectivity index (χ2n) is 15.2. The predicted octanol–water partition coefficient (Wildman–Crippen LogP) is 5.88. The fourth-order valence-corrected chi connectivity index (χ4v) is 7.47. The molecule has 1 aromatic carbocycles. The summed E-state index contributed by atoms with van der Waals surface area (Å²) in [5, 5.41) is 7.04. The molecule has 1 saturated heterocycles. The maximum absolute atomic E-state index is 14.6. The lowest BCUT2D eigenvalue weighted by molar-refractivity contribution is -0.172. The van der Waals surface area contributed by atoms with Crippen molar-refractivity contribution >= 4 is 37.0 Å². The third-order valence-electron chi connectivity index (χ3n) is 8.62. The zero-order valence-corrected chi connectivity index (χ0v) is 33.2. The number of nitrogen functional groups attached to an aromatic ring is 1. The van der Waals surface area contributed by atoms with Crippen molar-refractivity contribution in [3.05, 3.63) is 54.0 Å². The molecule has 0 aliphatic carbocycles. The molecule has 3 aromatic rings. The Morgan fingerprint density at radius 3 is 2.21 bits per heavy atom. The number of fused-ring (bicyclic) bond motifs is 1. The van der Waals surface area contributed by atoms with Crippen molar-refractivity contribution in [1.29, 1.82) is 0 Å². The number of nitrogens with one attached hydrogen (secondary N) is 1. The minimum absolute atomic E-state index is 0.0354. The molecule has 1 fully saturated rings. The highest BCUT2D eigenvalue weighted by Gasteiger charge is 2.59. The zero-order valence-electron chi connectivity index (χ0n) is 32.3. The van der Waals surface area contributed by atoms with Gasteiger partial charge in [0.15, 0.2) is 18.0 Å². The first-order chi connectivity index (χ1) is 24.8. The number of carbonyl (C=O) groups is 3. The molecule has 1 aliphatic heterocycles. The summed E-state index contributed by atoms with van der Waals surface area (Å²) in [4.78, 5) is 43.3. The van der Waals surface area contributed by atoms with Gasteiger partial charge in [0.05, 0.1) is 18.9 Å². The quantitative estimate of drug-likeness (QED) is 0.0999. The van der Waals surface area contributed by atoms with E-state index in [-0.39, 0.29) is 48.3 Å². The Morgan fingerprint density at radius 2 is 1.62 bits per heavy atom. The number of nitrogens with two attached hydrogens (primary N) is 1. The van der Waals surface area contributed by atoms with Gasteiger partial charge >= 0.3 is 25.7 Å². The molecule has 15 nitrogen and oxygen atoms in total. The molecule has 0 amide bonds. The van der Waals surface area contributed by atoms with Crippen LogP contribution in [-0.4, -0.2) is 70.1 Å². The normalized spacial score (nSPS) is 22.1. The van der Waals surface area contributed by atoms with E-state index in [1.54, 1.807) is 38.1 Å². The second-order valence-corrected chi connectivity index (χ2v) is 16.9. The molecule has 6 atom stereocenters. The third-order valence-corrected chi connectivity index (χ3v) is 10.3. The van der Waals surface area contributed by atoms with E-state index < -0.39 is 62.2 Å². The molecule has 4 rings (SSSR count). The van der Waals surface area contributed by atoms with E-state index in [9.17, 15) is 18.9 Å². The van der Waals surface area contributed by atoms with Crippen LogP contribution in [0.15, 0.2) is 42.7 Å². The van der Waals surface area contributed by atoms with Crippen molar-refractivity contribution in [2.24, 2.45) is 11.8 Å². The van der Waals surface area contributed by atoms with Crippen LogP contribution in [-0.2, 0) is 53.4 Å². The number of benzene rings is 1. The van der Waals surface area contributed by atoms with Gasteiger partial charge in [-0.1, -0.05) is 60.6 Å². The lowest BCUT2D eigenvalue weighted by Crippen LogP contribution is -2.45. The highest BCUT2D eigenvalue weighted by Crippen LogP contribution is 2.49. The average Bonchev–Trinajstić information content (AvgIpc) is 3.60. The third kappa shape index (κ3) is 10.3. The lowest BCUT2D eigenvalue weighted by atomic mass is 9.87. The van der Waals surface area contributed by atoms with Gasteiger partial charge < -0.3 is 29.2 Å². The molecule has 0 bridgehead atoms. The second kappa shape index (κ2) is 17.0. The number of ether oxygens (including phenoxy) is 4. The molecular formula is C37H54N5O10P. The molecule has 0 spiro atoms. The number of esters is 3. The minimum Gasteiger partial charge on any atom is -0.465 e. The summed E-state index contributed by atoms with van der Waals surface area (Å²) in [7, 11) is -4.40. The number of anilines is 1. The summed E-state index contributed by atoms with van der Waals surface area (Å²) in [6.07, 6.45) is -2.20.